The molecule has 2 heterocycles. The zero-order valence-electron chi connectivity index (χ0n) is 17.6. The summed E-state index contributed by atoms with van der Waals surface area (Å²) < 4.78 is 0. The number of likely N-dealkylation sites (tertiary alicyclic amines) is 1. The highest BCUT2D eigenvalue weighted by Gasteiger charge is 2.52. The van der Waals surface area contributed by atoms with E-state index in [0.717, 1.165) is 58.2 Å². The van der Waals surface area contributed by atoms with Crippen LogP contribution in [0.5, 0.6) is 0 Å². The Bertz CT molecular complexity index is 776. The lowest BCUT2D eigenvalue weighted by molar-refractivity contribution is -0.131. The number of benzene rings is 1. The van der Waals surface area contributed by atoms with Crippen molar-refractivity contribution in [3.8, 4) is 0 Å². The molecular formula is C23H32N4O3. The largest absolute Gasteiger partial charge is 0.352 e. The Morgan fingerprint density at radius 2 is 1.90 bits per heavy atom. The first-order chi connectivity index (χ1) is 14.6. The van der Waals surface area contributed by atoms with Gasteiger partial charge < -0.3 is 10.6 Å². The van der Waals surface area contributed by atoms with Crippen LogP contribution in [0, 0.1) is 0 Å². The molecule has 7 nitrogen and oxygen atoms in total. The second kappa shape index (κ2) is 9.16. The normalized spacial score (nSPS) is 23.7. The zero-order chi connectivity index (χ0) is 21.0. The van der Waals surface area contributed by atoms with Crippen molar-refractivity contribution in [3.63, 3.8) is 0 Å². The van der Waals surface area contributed by atoms with E-state index in [0.29, 0.717) is 19.4 Å². The molecule has 1 saturated carbocycles. The van der Waals surface area contributed by atoms with Gasteiger partial charge in [-0.25, -0.2) is 4.79 Å². The first kappa shape index (κ1) is 20.8. The van der Waals surface area contributed by atoms with Gasteiger partial charge in [-0.3, -0.25) is 19.4 Å². The first-order valence-corrected chi connectivity index (χ1v) is 11.3. The average Bonchev–Trinajstić information content (AvgIpc) is 3.29. The van der Waals surface area contributed by atoms with Crippen LogP contribution >= 0.6 is 0 Å². The van der Waals surface area contributed by atoms with Gasteiger partial charge in [0, 0.05) is 32.1 Å². The van der Waals surface area contributed by atoms with Crippen molar-refractivity contribution in [2.24, 2.45) is 0 Å². The third-order valence-corrected chi connectivity index (χ3v) is 6.61. The van der Waals surface area contributed by atoms with Gasteiger partial charge in [0.2, 0.25) is 5.91 Å². The van der Waals surface area contributed by atoms with Crippen LogP contribution < -0.4 is 10.6 Å². The van der Waals surface area contributed by atoms with Gasteiger partial charge in [-0.1, -0.05) is 43.2 Å². The Morgan fingerprint density at radius 1 is 1.13 bits per heavy atom. The summed E-state index contributed by atoms with van der Waals surface area (Å²) in [4.78, 5) is 41.0. The molecule has 2 saturated heterocycles. The molecule has 0 bridgehead atoms. The predicted molar refractivity (Wildman–Crippen MR) is 114 cm³/mol. The van der Waals surface area contributed by atoms with E-state index in [-0.39, 0.29) is 23.9 Å². The number of amides is 4. The van der Waals surface area contributed by atoms with Gasteiger partial charge in [-0.05, 0) is 44.2 Å². The van der Waals surface area contributed by atoms with Crippen LogP contribution in [0.1, 0.15) is 56.9 Å². The van der Waals surface area contributed by atoms with Gasteiger partial charge in [0.05, 0.1) is 0 Å². The van der Waals surface area contributed by atoms with Gasteiger partial charge in [-0.2, -0.15) is 0 Å². The monoisotopic (exact) mass is 412 g/mol. The van der Waals surface area contributed by atoms with Crippen molar-refractivity contribution < 1.29 is 14.4 Å². The molecule has 0 radical (unpaired) electrons. The summed E-state index contributed by atoms with van der Waals surface area (Å²) in [5.41, 5.74) is 0.627. The van der Waals surface area contributed by atoms with Crippen LogP contribution in [-0.2, 0) is 16.1 Å². The molecular weight excluding hydrogens is 380 g/mol. The van der Waals surface area contributed by atoms with E-state index in [4.69, 9.17) is 0 Å². The number of carbonyl (C=O) groups is 3. The number of rotatable bonds is 7. The quantitative estimate of drug-likeness (QED) is 0.674. The Kier molecular flexibility index (Phi) is 6.37. The molecule has 2 N–H and O–H groups in total. The Morgan fingerprint density at radius 3 is 2.67 bits per heavy atom. The lowest BCUT2D eigenvalue weighted by atomic mass is 9.98. The highest BCUT2D eigenvalue weighted by atomic mass is 16.2. The fraction of sp³-hybridized carbons (Fsp3) is 0.609. The number of imide groups is 1. The Hall–Kier alpha value is -2.41. The molecule has 1 aromatic rings. The van der Waals surface area contributed by atoms with E-state index >= 15 is 0 Å². The molecule has 3 fully saturated rings. The molecule has 7 heteroatoms. The minimum absolute atomic E-state index is 0.00388. The minimum Gasteiger partial charge on any atom is -0.352 e. The second-order valence-electron chi connectivity index (χ2n) is 8.91. The number of hydrogen-bond acceptors (Lipinski definition) is 4. The van der Waals surface area contributed by atoms with E-state index in [1.165, 1.54) is 10.5 Å². The second-order valence-corrected chi connectivity index (χ2v) is 8.91. The maximum atomic E-state index is 12.7. The van der Waals surface area contributed by atoms with Crippen molar-refractivity contribution in [3.05, 3.63) is 35.9 Å². The van der Waals surface area contributed by atoms with Gasteiger partial charge >= 0.3 is 6.03 Å². The topological polar surface area (TPSA) is 81.8 Å². The molecule has 2 aliphatic heterocycles. The molecule has 1 aliphatic carbocycles. The third-order valence-electron chi connectivity index (χ3n) is 6.61. The predicted octanol–water partition coefficient (Wildman–Crippen LogP) is 2.41. The summed E-state index contributed by atoms with van der Waals surface area (Å²) in [6.45, 7) is 3.12. The summed E-state index contributed by atoms with van der Waals surface area (Å²) in [6.07, 6.45) is 6.32. The van der Waals surface area contributed by atoms with E-state index in [2.05, 4.69) is 39.8 Å². The molecule has 4 rings (SSSR count). The molecule has 1 atom stereocenters. The number of hydrogen-bond donors (Lipinski definition) is 2. The number of carbonyl (C=O) groups excluding carboxylic acids is 3. The maximum Gasteiger partial charge on any atom is 0.325 e. The summed E-state index contributed by atoms with van der Waals surface area (Å²) in [5.74, 6) is -0.0987. The first-order valence-electron chi connectivity index (χ1n) is 11.3. The standard InChI is InChI=1S/C23H32N4O3/c28-20(11-7-15-27-21(29)23(25-22(27)30)12-4-5-13-23)24-19-10-6-14-26(17-19)16-18-8-2-1-3-9-18/h1-3,8-9,19H,4-7,10-17H2,(H,24,28)(H,25,30). The minimum atomic E-state index is -0.663. The van der Waals surface area contributed by atoms with E-state index in [1.54, 1.807) is 0 Å². The smallest absolute Gasteiger partial charge is 0.325 e. The van der Waals surface area contributed by atoms with Crippen LogP contribution in [0.25, 0.3) is 0 Å². The Labute approximate surface area is 178 Å². The van der Waals surface area contributed by atoms with Gasteiger partial charge in [0.25, 0.3) is 5.91 Å². The van der Waals surface area contributed by atoms with Crippen molar-refractivity contribution in [2.75, 3.05) is 19.6 Å². The van der Waals surface area contributed by atoms with E-state index < -0.39 is 5.54 Å². The summed E-state index contributed by atoms with van der Waals surface area (Å²) in [5, 5.41) is 6.04. The molecule has 4 amide bonds. The highest BCUT2D eigenvalue weighted by Crippen LogP contribution is 2.35. The fourth-order valence-electron chi connectivity index (χ4n) is 5.05. The zero-order valence-corrected chi connectivity index (χ0v) is 17.6. The highest BCUT2D eigenvalue weighted by molar-refractivity contribution is 6.07. The van der Waals surface area contributed by atoms with Crippen molar-refractivity contribution in [1.82, 2.24) is 20.4 Å². The number of urea groups is 1. The van der Waals surface area contributed by atoms with Crippen LogP contribution in [0.4, 0.5) is 4.79 Å². The Balaban J connectivity index is 1.19. The van der Waals surface area contributed by atoms with Crippen LogP contribution in [0.3, 0.4) is 0 Å². The number of nitrogens with zero attached hydrogens (tertiary/aromatic N) is 2. The van der Waals surface area contributed by atoms with Crippen LogP contribution in [-0.4, -0.2) is 58.9 Å². The lowest BCUT2D eigenvalue weighted by Crippen LogP contribution is -2.47. The van der Waals surface area contributed by atoms with E-state index in [9.17, 15) is 14.4 Å². The van der Waals surface area contributed by atoms with Crippen LogP contribution in [0.2, 0.25) is 0 Å². The van der Waals surface area contributed by atoms with Gasteiger partial charge in [0.15, 0.2) is 0 Å². The van der Waals surface area contributed by atoms with E-state index in [1.807, 2.05) is 6.07 Å². The van der Waals surface area contributed by atoms with Crippen molar-refractivity contribution in [1.29, 1.82) is 0 Å². The summed E-state index contributed by atoms with van der Waals surface area (Å²) >= 11 is 0. The van der Waals surface area contributed by atoms with Gasteiger partial charge in [0.1, 0.15) is 5.54 Å². The molecule has 1 spiro atoms. The lowest BCUT2D eigenvalue weighted by Gasteiger charge is -2.33. The molecule has 0 aromatic heterocycles. The third kappa shape index (κ3) is 4.67. The van der Waals surface area contributed by atoms with Crippen molar-refractivity contribution in [2.45, 2.75) is 69.5 Å². The number of nitrogens with one attached hydrogen (secondary N) is 2. The SMILES string of the molecule is O=C(CCCN1C(=O)NC2(CCCC2)C1=O)NC1CCCN(Cc2ccccc2)C1. The molecule has 1 aromatic carbocycles. The van der Waals surface area contributed by atoms with Crippen molar-refractivity contribution >= 4 is 17.8 Å². The molecule has 162 valence electrons. The molecule has 3 aliphatic rings. The van der Waals surface area contributed by atoms with Gasteiger partial charge in [-0.15, -0.1) is 0 Å². The number of piperidine rings is 1. The average molecular weight is 413 g/mol. The summed E-state index contributed by atoms with van der Waals surface area (Å²) in [7, 11) is 0. The molecule has 30 heavy (non-hydrogen) atoms. The fourth-order valence-corrected chi connectivity index (χ4v) is 5.05. The summed E-state index contributed by atoms with van der Waals surface area (Å²) in [6, 6.07) is 10.3. The maximum absolute atomic E-state index is 12.7. The molecule has 1 unspecified atom stereocenters. The van der Waals surface area contributed by atoms with Crippen LogP contribution in [0.15, 0.2) is 30.3 Å².